The maximum absolute atomic E-state index is 12.5. The molecule has 0 radical (unpaired) electrons. The van der Waals surface area contributed by atoms with Gasteiger partial charge in [-0.25, -0.2) is 0 Å². The van der Waals surface area contributed by atoms with Gasteiger partial charge in [0.2, 0.25) is 5.13 Å². The van der Waals surface area contributed by atoms with E-state index in [2.05, 4.69) is 15.5 Å². The van der Waals surface area contributed by atoms with Crippen molar-refractivity contribution in [1.82, 2.24) is 10.2 Å². The Labute approximate surface area is 140 Å². The highest BCUT2D eigenvalue weighted by molar-refractivity contribution is 8.08. The molecule has 1 N–H and O–H groups in total. The molecule has 0 atom stereocenters. The lowest BCUT2D eigenvalue weighted by atomic mass is 10.2. The van der Waals surface area contributed by atoms with Gasteiger partial charge < -0.3 is 4.74 Å². The molecule has 0 unspecified atom stereocenters. The molecule has 0 saturated heterocycles. The first-order chi connectivity index (χ1) is 10.8. The van der Waals surface area contributed by atoms with Crippen LogP contribution in [0.3, 0.4) is 0 Å². The van der Waals surface area contributed by atoms with E-state index in [0.717, 1.165) is 20.6 Å². The molecule has 3 rings (SSSR count). The summed E-state index contributed by atoms with van der Waals surface area (Å²) in [5.74, 6) is 0.898. The number of rotatable bonds is 4. The number of hydrogen-bond acceptors (Lipinski definition) is 7. The molecule has 0 aliphatic carbocycles. The van der Waals surface area contributed by atoms with Crippen LogP contribution in [0.5, 0.6) is 0 Å². The summed E-state index contributed by atoms with van der Waals surface area (Å²) in [6, 6.07) is 9.79. The van der Waals surface area contributed by atoms with E-state index in [1.54, 1.807) is 11.8 Å². The summed E-state index contributed by atoms with van der Waals surface area (Å²) in [6.07, 6.45) is 1.92. The van der Waals surface area contributed by atoms with Crippen molar-refractivity contribution in [1.29, 1.82) is 0 Å². The lowest BCUT2D eigenvalue weighted by molar-refractivity contribution is -0.115. The Hall–Kier alpha value is -1.51. The largest absolute Gasteiger partial charge is 0.486 e. The van der Waals surface area contributed by atoms with E-state index in [-0.39, 0.29) is 5.91 Å². The first-order valence-corrected chi connectivity index (χ1v) is 9.55. The van der Waals surface area contributed by atoms with E-state index in [1.165, 1.54) is 23.1 Å². The fourth-order valence-corrected chi connectivity index (χ4v) is 4.01. The minimum atomic E-state index is -0.283. The molecule has 0 fully saturated rings. The zero-order valence-electron chi connectivity index (χ0n) is 11.7. The highest BCUT2D eigenvalue weighted by atomic mass is 32.2. The van der Waals surface area contributed by atoms with Crippen LogP contribution in [0.2, 0.25) is 0 Å². The number of aromatic nitrogens is 2. The average Bonchev–Trinajstić information content (AvgIpc) is 3.03. The predicted octanol–water partition coefficient (Wildman–Crippen LogP) is 3.33. The number of nitrogens with zero attached hydrogens (tertiary/aromatic N) is 2. The third kappa shape index (κ3) is 3.45. The molecule has 0 spiro atoms. The van der Waals surface area contributed by atoms with Crippen molar-refractivity contribution in [2.45, 2.75) is 4.34 Å². The van der Waals surface area contributed by atoms with Gasteiger partial charge in [-0.3, -0.25) is 10.1 Å². The number of hydrogen-bond donors (Lipinski definition) is 1. The molecule has 2 heterocycles. The summed E-state index contributed by atoms with van der Waals surface area (Å²) in [6.45, 7) is 0.524. The topological polar surface area (TPSA) is 64.1 Å². The third-order valence-electron chi connectivity index (χ3n) is 2.83. The minimum absolute atomic E-state index is 0.283. The fourth-order valence-electron chi connectivity index (χ4n) is 1.89. The third-order valence-corrected chi connectivity index (χ3v) is 5.72. The van der Waals surface area contributed by atoms with Crippen LogP contribution in [-0.2, 0) is 9.53 Å². The van der Waals surface area contributed by atoms with Crippen molar-refractivity contribution in [2.24, 2.45) is 0 Å². The minimum Gasteiger partial charge on any atom is -0.486 e. The number of nitrogens with one attached hydrogen (secondary N) is 1. The molecule has 1 aromatic heterocycles. The van der Waals surface area contributed by atoms with Gasteiger partial charge in [-0.2, -0.15) is 0 Å². The smallest absolute Gasteiger partial charge is 0.293 e. The maximum atomic E-state index is 12.5. The number of carbonyl (C=O) groups is 1. The standard InChI is InChI=1S/C14H13N3O2S3/c1-20-14-17-16-13(22-14)15-12(18)10-11(21-8-7-19-10)9-5-3-2-4-6-9/h2-6H,7-8H2,1H3,(H,15,16,18). The molecule has 2 aromatic rings. The number of benzene rings is 1. The first-order valence-electron chi connectivity index (χ1n) is 6.52. The lowest BCUT2D eigenvalue weighted by Crippen LogP contribution is -2.21. The number of thioether (sulfide) groups is 2. The van der Waals surface area contributed by atoms with E-state index in [9.17, 15) is 4.79 Å². The second-order valence-corrected chi connectivity index (χ2v) is 7.39. The Balaban J connectivity index is 1.86. The summed E-state index contributed by atoms with van der Waals surface area (Å²) < 4.78 is 6.42. The Morgan fingerprint density at radius 3 is 2.86 bits per heavy atom. The fraction of sp³-hybridized carbons (Fsp3) is 0.214. The van der Waals surface area contributed by atoms with E-state index < -0.39 is 0 Å². The highest BCUT2D eigenvalue weighted by Crippen LogP contribution is 2.35. The summed E-state index contributed by atoms with van der Waals surface area (Å²) >= 11 is 4.47. The summed E-state index contributed by atoms with van der Waals surface area (Å²) in [5, 5.41) is 11.2. The van der Waals surface area contributed by atoms with Crippen molar-refractivity contribution in [2.75, 3.05) is 23.9 Å². The second kappa shape index (κ2) is 7.17. The quantitative estimate of drug-likeness (QED) is 0.673. The Morgan fingerprint density at radius 1 is 1.32 bits per heavy atom. The van der Waals surface area contributed by atoms with Crippen LogP contribution < -0.4 is 5.32 Å². The van der Waals surface area contributed by atoms with Crippen molar-refractivity contribution in [3.63, 3.8) is 0 Å². The van der Waals surface area contributed by atoms with Gasteiger partial charge in [0, 0.05) is 5.75 Å². The van der Waals surface area contributed by atoms with Crippen LogP contribution in [0.15, 0.2) is 40.4 Å². The highest BCUT2D eigenvalue weighted by Gasteiger charge is 2.23. The van der Waals surface area contributed by atoms with E-state index in [1.807, 2.05) is 36.6 Å². The number of amides is 1. The molecule has 8 heteroatoms. The van der Waals surface area contributed by atoms with Crippen molar-refractivity contribution >= 4 is 50.8 Å². The van der Waals surface area contributed by atoms with Gasteiger partial charge in [-0.05, 0) is 11.8 Å². The average molecular weight is 351 g/mol. The predicted molar refractivity (Wildman–Crippen MR) is 92.1 cm³/mol. The van der Waals surface area contributed by atoms with Crippen molar-refractivity contribution < 1.29 is 9.53 Å². The molecule has 22 heavy (non-hydrogen) atoms. The number of carbonyl (C=O) groups excluding carboxylic acids is 1. The van der Waals surface area contributed by atoms with Gasteiger partial charge in [-0.15, -0.1) is 22.0 Å². The van der Waals surface area contributed by atoms with Gasteiger partial charge in [-0.1, -0.05) is 53.4 Å². The summed E-state index contributed by atoms with van der Waals surface area (Å²) in [4.78, 5) is 13.3. The molecular weight excluding hydrogens is 338 g/mol. The van der Waals surface area contributed by atoms with Gasteiger partial charge in [0.15, 0.2) is 10.1 Å². The number of ether oxygens (including phenoxy) is 1. The van der Waals surface area contributed by atoms with Crippen molar-refractivity contribution in [3.8, 4) is 0 Å². The Bertz CT molecular complexity index is 700. The summed E-state index contributed by atoms with van der Waals surface area (Å²) in [7, 11) is 0. The molecule has 1 aliphatic heterocycles. The molecular formula is C14H13N3O2S3. The molecule has 1 aromatic carbocycles. The van der Waals surface area contributed by atoms with Gasteiger partial charge in [0.05, 0.1) is 11.5 Å². The zero-order valence-corrected chi connectivity index (χ0v) is 14.2. The van der Waals surface area contributed by atoms with Gasteiger partial charge >= 0.3 is 0 Å². The van der Waals surface area contributed by atoms with E-state index >= 15 is 0 Å². The summed E-state index contributed by atoms with van der Waals surface area (Å²) in [5.41, 5.74) is 0.986. The SMILES string of the molecule is CSc1nnc(NC(=O)C2=C(c3ccccc3)SCCO2)s1. The van der Waals surface area contributed by atoms with Gasteiger partial charge in [0.25, 0.3) is 5.91 Å². The van der Waals surface area contributed by atoms with Crippen LogP contribution in [0.1, 0.15) is 5.56 Å². The molecule has 1 amide bonds. The molecule has 114 valence electrons. The van der Waals surface area contributed by atoms with Crippen LogP contribution in [0.25, 0.3) is 4.91 Å². The molecule has 1 aliphatic rings. The lowest BCUT2D eigenvalue weighted by Gasteiger charge is -2.20. The van der Waals surface area contributed by atoms with Crippen LogP contribution in [0, 0.1) is 0 Å². The second-order valence-electron chi connectivity index (χ2n) is 4.25. The van der Waals surface area contributed by atoms with Gasteiger partial charge in [0.1, 0.15) is 0 Å². The van der Waals surface area contributed by atoms with Crippen molar-refractivity contribution in [3.05, 3.63) is 41.7 Å². The van der Waals surface area contributed by atoms with Crippen LogP contribution in [-0.4, -0.2) is 34.7 Å². The van der Waals surface area contributed by atoms with E-state index in [0.29, 0.717) is 17.5 Å². The monoisotopic (exact) mass is 351 g/mol. The molecule has 5 nitrogen and oxygen atoms in total. The normalized spacial score (nSPS) is 14.6. The van der Waals surface area contributed by atoms with Crippen LogP contribution in [0.4, 0.5) is 5.13 Å². The van der Waals surface area contributed by atoms with E-state index in [4.69, 9.17) is 4.74 Å². The Kier molecular flexibility index (Phi) is 5.01. The first kappa shape index (κ1) is 15.4. The zero-order chi connectivity index (χ0) is 15.4. The Morgan fingerprint density at radius 2 is 2.14 bits per heavy atom. The molecule has 0 bridgehead atoms. The molecule has 0 saturated carbocycles. The van der Waals surface area contributed by atoms with Crippen LogP contribution >= 0.6 is 34.9 Å². The maximum Gasteiger partial charge on any atom is 0.293 e. The number of anilines is 1.